The average Bonchev–Trinajstić information content (AvgIpc) is 3.21. The van der Waals surface area contributed by atoms with Gasteiger partial charge in [0.1, 0.15) is 11.9 Å². The Bertz CT molecular complexity index is 1080. The number of aliphatic hydroxyl groups is 1. The molecular formula is C24H21ClN2O3. The van der Waals surface area contributed by atoms with Crippen molar-refractivity contribution in [3.8, 4) is 16.9 Å². The molecule has 1 aromatic heterocycles. The van der Waals surface area contributed by atoms with Gasteiger partial charge in [0, 0.05) is 30.5 Å². The number of nitrogens with zero attached hydrogens (tertiary/aromatic N) is 1. The van der Waals surface area contributed by atoms with Crippen LogP contribution in [0.15, 0.2) is 67.0 Å². The summed E-state index contributed by atoms with van der Waals surface area (Å²) in [5.74, 6) is 0.481. The number of halogens is 1. The minimum atomic E-state index is -0.189. The van der Waals surface area contributed by atoms with E-state index in [4.69, 9.17) is 16.3 Å². The van der Waals surface area contributed by atoms with E-state index in [2.05, 4.69) is 16.4 Å². The maximum atomic E-state index is 12.1. The van der Waals surface area contributed by atoms with Crippen molar-refractivity contribution in [1.82, 2.24) is 10.3 Å². The molecular weight excluding hydrogens is 400 g/mol. The molecule has 0 fully saturated rings. The zero-order chi connectivity index (χ0) is 20.9. The van der Waals surface area contributed by atoms with Crippen LogP contribution in [0.5, 0.6) is 5.75 Å². The van der Waals surface area contributed by atoms with E-state index in [0.29, 0.717) is 23.7 Å². The highest BCUT2D eigenvalue weighted by atomic mass is 35.5. The monoisotopic (exact) mass is 420 g/mol. The SMILES string of the molecule is O=C(C=Cc1cccnc1)NCC1Cc2cc(-c3cccc(CO)c3)cc(Cl)c2O1. The van der Waals surface area contributed by atoms with Gasteiger partial charge in [0.15, 0.2) is 0 Å². The number of hydrogen-bond acceptors (Lipinski definition) is 4. The van der Waals surface area contributed by atoms with E-state index in [0.717, 1.165) is 27.8 Å². The van der Waals surface area contributed by atoms with E-state index >= 15 is 0 Å². The number of benzene rings is 2. The zero-order valence-electron chi connectivity index (χ0n) is 16.2. The van der Waals surface area contributed by atoms with Gasteiger partial charge in [0.05, 0.1) is 18.2 Å². The van der Waals surface area contributed by atoms with Crippen LogP contribution in [-0.4, -0.2) is 28.6 Å². The molecule has 1 unspecified atom stereocenters. The fourth-order valence-corrected chi connectivity index (χ4v) is 3.72. The van der Waals surface area contributed by atoms with Gasteiger partial charge in [-0.25, -0.2) is 0 Å². The van der Waals surface area contributed by atoms with Crippen LogP contribution in [0, 0.1) is 0 Å². The number of carbonyl (C=O) groups excluding carboxylic acids is 1. The topological polar surface area (TPSA) is 71.5 Å². The molecule has 2 heterocycles. The normalized spacial score (nSPS) is 15.1. The van der Waals surface area contributed by atoms with Gasteiger partial charge in [-0.2, -0.15) is 0 Å². The van der Waals surface area contributed by atoms with Crippen molar-refractivity contribution in [1.29, 1.82) is 0 Å². The third-order valence-electron chi connectivity index (χ3n) is 4.91. The second kappa shape index (κ2) is 9.11. The number of rotatable bonds is 6. The first-order chi connectivity index (χ1) is 14.6. The predicted octanol–water partition coefficient (Wildman–Crippen LogP) is 4.03. The number of aromatic nitrogens is 1. The molecule has 0 saturated carbocycles. The molecule has 0 saturated heterocycles. The quantitative estimate of drug-likeness (QED) is 0.591. The van der Waals surface area contributed by atoms with E-state index in [9.17, 15) is 9.90 Å². The highest BCUT2D eigenvalue weighted by Crippen LogP contribution is 2.39. The fourth-order valence-electron chi connectivity index (χ4n) is 3.44. The van der Waals surface area contributed by atoms with Gasteiger partial charge < -0.3 is 15.2 Å². The summed E-state index contributed by atoms with van der Waals surface area (Å²) in [6.45, 7) is 0.378. The minimum absolute atomic E-state index is 0.00731. The summed E-state index contributed by atoms with van der Waals surface area (Å²) in [6.07, 6.45) is 7.07. The Balaban J connectivity index is 1.40. The second-order valence-corrected chi connectivity index (χ2v) is 7.52. The summed E-state index contributed by atoms with van der Waals surface area (Å²) in [5.41, 5.74) is 4.68. The highest BCUT2D eigenvalue weighted by molar-refractivity contribution is 6.32. The maximum Gasteiger partial charge on any atom is 0.244 e. The molecule has 0 radical (unpaired) electrons. The van der Waals surface area contributed by atoms with Crippen LogP contribution in [0.1, 0.15) is 16.7 Å². The summed E-state index contributed by atoms with van der Waals surface area (Å²) in [4.78, 5) is 16.1. The van der Waals surface area contributed by atoms with Crippen molar-refractivity contribution in [3.05, 3.63) is 88.7 Å². The van der Waals surface area contributed by atoms with Crippen LogP contribution in [0.25, 0.3) is 17.2 Å². The summed E-state index contributed by atoms with van der Waals surface area (Å²) < 4.78 is 5.97. The van der Waals surface area contributed by atoms with Gasteiger partial charge in [-0.05, 0) is 52.6 Å². The van der Waals surface area contributed by atoms with Crippen molar-refractivity contribution < 1.29 is 14.6 Å². The van der Waals surface area contributed by atoms with Gasteiger partial charge in [-0.1, -0.05) is 35.9 Å². The first-order valence-electron chi connectivity index (χ1n) is 9.67. The predicted molar refractivity (Wildman–Crippen MR) is 117 cm³/mol. The van der Waals surface area contributed by atoms with Crippen LogP contribution in [0.2, 0.25) is 5.02 Å². The number of nitrogens with one attached hydrogen (secondary N) is 1. The number of hydrogen-bond donors (Lipinski definition) is 2. The lowest BCUT2D eigenvalue weighted by Gasteiger charge is -2.11. The van der Waals surface area contributed by atoms with Crippen LogP contribution >= 0.6 is 11.6 Å². The third-order valence-corrected chi connectivity index (χ3v) is 5.19. The first kappa shape index (κ1) is 20.1. The van der Waals surface area contributed by atoms with Crippen LogP contribution in [0.4, 0.5) is 0 Å². The fraction of sp³-hybridized carbons (Fsp3) is 0.167. The van der Waals surface area contributed by atoms with E-state index in [1.54, 1.807) is 18.5 Å². The molecule has 0 spiro atoms. The number of ether oxygens (including phenoxy) is 1. The Kier molecular flexibility index (Phi) is 6.12. The van der Waals surface area contributed by atoms with E-state index in [1.165, 1.54) is 6.08 Å². The molecule has 30 heavy (non-hydrogen) atoms. The average molecular weight is 421 g/mol. The number of carbonyl (C=O) groups is 1. The molecule has 2 N–H and O–H groups in total. The molecule has 2 aromatic carbocycles. The summed E-state index contributed by atoms with van der Waals surface area (Å²) >= 11 is 6.47. The van der Waals surface area contributed by atoms with Crippen LogP contribution in [0.3, 0.4) is 0 Å². The molecule has 1 aliphatic heterocycles. The molecule has 6 heteroatoms. The number of pyridine rings is 1. The Morgan fingerprint density at radius 2 is 2.13 bits per heavy atom. The summed E-state index contributed by atoms with van der Waals surface area (Å²) in [6, 6.07) is 15.3. The molecule has 5 nitrogen and oxygen atoms in total. The maximum absolute atomic E-state index is 12.1. The smallest absolute Gasteiger partial charge is 0.244 e. The van der Waals surface area contributed by atoms with Gasteiger partial charge in [0.25, 0.3) is 0 Å². The lowest BCUT2D eigenvalue weighted by molar-refractivity contribution is -0.116. The van der Waals surface area contributed by atoms with Crippen molar-refractivity contribution in [3.63, 3.8) is 0 Å². The molecule has 152 valence electrons. The Hall–Kier alpha value is -3.15. The summed E-state index contributed by atoms with van der Waals surface area (Å²) in [5, 5.41) is 12.8. The molecule has 1 aliphatic rings. The first-order valence-corrected chi connectivity index (χ1v) is 10.1. The van der Waals surface area contributed by atoms with Gasteiger partial charge in [0.2, 0.25) is 5.91 Å². The van der Waals surface area contributed by atoms with Crippen molar-refractivity contribution in [2.75, 3.05) is 6.54 Å². The standard InChI is InChI=1S/C24H21ClN2O3/c25-22-12-19(18-5-1-3-17(9-18)15-28)10-20-11-21(30-24(20)22)14-27-23(29)7-6-16-4-2-8-26-13-16/h1-10,12-13,21,28H,11,14-15H2,(H,27,29). The molecule has 0 bridgehead atoms. The Labute approximate surface area is 180 Å². The Morgan fingerprint density at radius 1 is 1.23 bits per heavy atom. The molecule has 0 aliphatic carbocycles. The lowest BCUT2D eigenvalue weighted by Crippen LogP contribution is -2.33. The number of fused-ring (bicyclic) bond motifs is 1. The van der Waals surface area contributed by atoms with Gasteiger partial charge >= 0.3 is 0 Å². The molecule has 1 amide bonds. The van der Waals surface area contributed by atoms with Crippen molar-refractivity contribution >= 4 is 23.6 Å². The van der Waals surface area contributed by atoms with E-state index in [1.807, 2.05) is 42.5 Å². The van der Waals surface area contributed by atoms with E-state index in [-0.39, 0.29) is 18.6 Å². The van der Waals surface area contributed by atoms with Gasteiger partial charge in [-0.3, -0.25) is 9.78 Å². The Morgan fingerprint density at radius 3 is 2.93 bits per heavy atom. The molecule has 1 atom stereocenters. The van der Waals surface area contributed by atoms with Gasteiger partial charge in [-0.15, -0.1) is 0 Å². The number of aliphatic hydroxyl groups excluding tert-OH is 1. The number of amides is 1. The second-order valence-electron chi connectivity index (χ2n) is 7.11. The molecule has 3 aromatic rings. The minimum Gasteiger partial charge on any atom is -0.486 e. The van der Waals surface area contributed by atoms with Crippen LogP contribution < -0.4 is 10.1 Å². The van der Waals surface area contributed by atoms with E-state index < -0.39 is 0 Å². The van der Waals surface area contributed by atoms with Crippen molar-refractivity contribution in [2.45, 2.75) is 19.1 Å². The van der Waals surface area contributed by atoms with Crippen LogP contribution in [-0.2, 0) is 17.8 Å². The third kappa shape index (κ3) is 4.70. The van der Waals surface area contributed by atoms with Crippen molar-refractivity contribution in [2.24, 2.45) is 0 Å². The lowest BCUT2D eigenvalue weighted by atomic mass is 9.99. The zero-order valence-corrected chi connectivity index (χ0v) is 17.0. The molecule has 4 rings (SSSR count). The largest absolute Gasteiger partial charge is 0.486 e. The highest BCUT2D eigenvalue weighted by Gasteiger charge is 2.26. The summed E-state index contributed by atoms with van der Waals surface area (Å²) in [7, 11) is 0.